The molecule has 17 heavy (non-hydrogen) atoms. The summed E-state index contributed by atoms with van der Waals surface area (Å²) in [5, 5.41) is 0. The molecule has 0 heterocycles. The molecule has 1 saturated carbocycles. The van der Waals surface area contributed by atoms with Gasteiger partial charge in [-0.2, -0.15) is 0 Å². The Morgan fingerprint density at radius 2 is 2.18 bits per heavy atom. The molecule has 0 spiro atoms. The van der Waals surface area contributed by atoms with Crippen molar-refractivity contribution >= 4 is 33.2 Å². The third-order valence-corrected chi connectivity index (χ3v) is 4.66. The van der Waals surface area contributed by atoms with E-state index in [9.17, 15) is 0 Å². The largest absolute Gasteiger partial charge is 0.372 e. The van der Waals surface area contributed by atoms with Crippen LogP contribution < -0.4 is 4.90 Å². The smallest absolute Gasteiger partial charge is 0.0485 e. The Kier molecular flexibility index (Phi) is 4.75. The molecule has 0 unspecified atom stereocenters. The van der Waals surface area contributed by atoms with Crippen LogP contribution >= 0.6 is 27.5 Å². The van der Waals surface area contributed by atoms with Gasteiger partial charge in [0.15, 0.2) is 0 Å². The summed E-state index contributed by atoms with van der Waals surface area (Å²) >= 11 is 9.46. The number of nitrogens with zero attached hydrogens (tertiary/aromatic N) is 1. The predicted octanol–water partition coefficient (Wildman–Crippen LogP) is 4.81. The van der Waals surface area contributed by atoms with Crippen LogP contribution in [0.5, 0.6) is 0 Å². The first-order valence-electron chi connectivity index (χ1n) is 6.34. The number of anilines is 1. The summed E-state index contributed by atoms with van der Waals surface area (Å²) < 4.78 is 1.12. The maximum absolute atomic E-state index is 5.87. The van der Waals surface area contributed by atoms with E-state index in [4.69, 9.17) is 11.6 Å². The molecular formula is C14H19BrClN. The highest BCUT2D eigenvalue weighted by Gasteiger charge is 2.20. The minimum atomic E-state index is 0.565. The monoisotopic (exact) mass is 315 g/mol. The second-order valence-corrected chi connectivity index (χ2v) is 5.87. The molecule has 1 aliphatic carbocycles. The van der Waals surface area contributed by atoms with E-state index in [0.29, 0.717) is 5.88 Å². The summed E-state index contributed by atoms with van der Waals surface area (Å²) in [5.41, 5.74) is 2.47. The van der Waals surface area contributed by atoms with Gasteiger partial charge in [-0.3, -0.25) is 0 Å². The zero-order valence-corrected chi connectivity index (χ0v) is 12.6. The molecule has 0 bridgehead atoms. The quantitative estimate of drug-likeness (QED) is 0.704. The van der Waals surface area contributed by atoms with Crippen molar-refractivity contribution in [2.45, 2.75) is 32.1 Å². The molecule has 0 aromatic heterocycles. The number of rotatable bonds is 5. The molecule has 1 nitrogen and oxygen atoms in total. The Balaban J connectivity index is 2.09. The molecule has 0 radical (unpaired) electrons. The standard InChI is InChI=1S/C14H19BrClN/c1-2-17(10-11-4-3-5-11)13-7-6-12(9-16)14(15)8-13/h6-8,11H,2-5,9-10H2,1H3. The number of hydrogen-bond donors (Lipinski definition) is 0. The molecule has 1 fully saturated rings. The molecule has 1 aromatic rings. The van der Waals surface area contributed by atoms with Gasteiger partial charge in [0, 0.05) is 29.1 Å². The van der Waals surface area contributed by atoms with Gasteiger partial charge in [-0.25, -0.2) is 0 Å². The minimum Gasteiger partial charge on any atom is -0.372 e. The first-order valence-corrected chi connectivity index (χ1v) is 7.66. The molecule has 0 aliphatic heterocycles. The average molecular weight is 317 g/mol. The van der Waals surface area contributed by atoms with Gasteiger partial charge in [0.25, 0.3) is 0 Å². The highest BCUT2D eigenvalue weighted by Crippen LogP contribution is 2.30. The van der Waals surface area contributed by atoms with Gasteiger partial charge in [0.2, 0.25) is 0 Å². The zero-order valence-electron chi connectivity index (χ0n) is 10.3. The van der Waals surface area contributed by atoms with Crippen LogP contribution in [-0.2, 0) is 5.88 Å². The topological polar surface area (TPSA) is 3.24 Å². The minimum absolute atomic E-state index is 0.565. The summed E-state index contributed by atoms with van der Waals surface area (Å²) in [5.74, 6) is 1.47. The van der Waals surface area contributed by atoms with Crippen LogP contribution in [0.25, 0.3) is 0 Å². The van der Waals surface area contributed by atoms with Crippen molar-refractivity contribution in [3.05, 3.63) is 28.2 Å². The number of alkyl halides is 1. The summed E-state index contributed by atoms with van der Waals surface area (Å²) in [6, 6.07) is 6.50. The predicted molar refractivity (Wildman–Crippen MR) is 78.9 cm³/mol. The summed E-state index contributed by atoms with van der Waals surface area (Å²) in [4.78, 5) is 2.46. The highest BCUT2D eigenvalue weighted by molar-refractivity contribution is 9.10. The van der Waals surface area contributed by atoms with Crippen molar-refractivity contribution < 1.29 is 0 Å². The maximum atomic E-state index is 5.87. The Labute approximate surface area is 117 Å². The van der Waals surface area contributed by atoms with Gasteiger partial charge in [0.05, 0.1) is 0 Å². The van der Waals surface area contributed by atoms with Crippen LogP contribution in [0.1, 0.15) is 31.7 Å². The molecule has 1 aliphatic rings. The molecule has 0 atom stereocenters. The van der Waals surface area contributed by atoms with Crippen LogP contribution in [0.4, 0.5) is 5.69 Å². The number of benzene rings is 1. The molecule has 0 amide bonds. The molecule has 3 heteroatoms. The lowest BCUT2D eigenvalue weighted by Crippen LogP contribution is -2.32. The average Bonchev–Trinajstić information content (AvgIpc) is 2.28. The lowest BCUT2D eigenvalue weighted by Gasteiger charge is -2.33. The number of halogens is 2. The Morgan fingerprint density at radius 3 is 2.65 bits per heavy atom. The molecule has 1 aromatic carbocycles. The molecular weight excluding hydrogens is 298 g/mol. The fraction of sp³-hybridized carbons (Fsp3) is 0.571. The molecule has 94 valence electrons. The Bertz CT molecular complexity index is 376. The van der Waals surface area contributed by atoms with E-state index in [1.807, 2.05) is 0 Å². The number of hydrogen-bond acceptors (Lipinski definition) is 1. The Hall–Kier alpha value is -0.210. The van der Waals surface area contributed by atoms with E-state index < -0.39 is 0 Å². The van der Waals surface area contributed by atoms with Crippen molar-refractivity contribution in [2.24, 2.45) is 5.92 Å². The van der Waals surface area contributed by atoms with Gasteiger partial charge in [-0.1, -0.05) is 28.4 Å². The van der Waals surface area contributed by atoms with E-state index in [2.05, 4.69) is 46.0 Å². The van der Waals surface area contributed by atoms with Crippen LogP contribution in [0, 0.1) is 5.92 Å². The second-order valence-electron chi connectivity index (χ2n) is 4.74. The van der Waals surface area contributed by atoms with Crippen LogP contribution in [0.15, 0.2) is 22.7 Å². The van der Waals surface area contributed by atoms with Crippen molar-refractivity contribution in [1.82, 2.24) is 0 Å². The van der Waals surface area contributed by atoms with Crippen molar-refractivity contribution in [2.75, 3.05) is 18.0 Å². The molecule has 0 saturated heterocycles. The fourth-order valence-corrected chi connectivity index (χ4v) is 3.15. The third kappa shape index (κ3) is 3.17. The highest BCUT2D eigenvalue weighted by atomic mass is 79.9. The lowest BCUT2D eigenvalue weighted by atomic mass is 9.85. The molecule has 0 N–H and O–H groups in total. The van der Waals surface area contributed by atoms with Gasteiger partial charge in [0.1, 0.15) is 0 Å². The van der Waals surface area contributed by atoms with Gasteiger partial charge >= 0.3 is 0 Å². The van der Waals surface area contributed by atoms with Crippen LogP contribution in [0.2, 0.25) is 0 Å². The van der Waals surface area contributed by atoms with Gasteiger partial charge in [-0.15, -0.1) is 11.6 Å². The third-order valence-electron chi connectivity index (χ3n) is 3.63. The van der Waals surface area contributed by atoms with E-state index in [1.54, 1.807) is 0 Å². The van der Waals surface area contributed by atoms with Crippen LogP contribution in [0.3, 0.4) is 0 Å². The van der Waals surface area contributed by atoms with Crippen molar-refractivity contribution in [3.8, 4) is 0 Å². The summed E-state index contributed by atoms with van der Waals surface area (Å²) in [7, 11) is 0. The van der Waals surface area contributed by atoms with Crippen LogP contribution in [-0.4, -0.2) is 13.1 Å². The Morgan fingerprint density at radius 1 is 1.41 bits per heavy atom. The SMILES string of the molecule is CCN(CC1CCC1)c1ccc(CCl)c(Br)c1. The lowest BCUT2D eigenvalue weighted by molar-refractivity contribution is 0.318. The van der Waals surface area contributed by atoms with E-state index in [0.717, 1.165) is 22.5 Å². The second kappa shape index (κ2) is 6.10. The normalized spacial score (nSPS) is 15.7. The molecule has 2 rings (SSSR count). The van der Waals surface area contributed by atoms with E-state index >= 15 is 0 Å². The maximum Gasteiger partial charge on any atom is 0.0485 e. The first-order chi connectivity index (χ1) is 8.24. The van der Waals surface area contributed by atoms with Crippen molar-refractivity contribution in [3.63, 3.8) is 0 Å². The van der Waals surface area contributed by atoms with E-state index in [1.165, 1.54) is 31.5 Å². The van der Waals surface area contributed by atoms with E-state index in [-0.39, 0.29) is 0 Å². The van der Waals surface area contributed by atoms with Gasteiger partial charge in [-0.05, 0) is 43.4 Å². The summed E-state index contributed by atoms with van der Waals surface area (Å²) in [6.45, 7) is 4.49. The van der Waals surface area contributed by atoms with Crippen molar-refractivity contribution in [1.29, 1.82) is 0 Å². The fourth-order valence-electron chi connectivity index (χ4n) is 2.25. The zero-order chi connectivity index (χ0) is 12.3. The first kappa shape index (κ1) is 13.2. The van der Waals surface area contributed by atoms with Gasteiger partial charge < -0.3 is 4.90 Å². The summed E-state index contributed by atoms with van der Waals surface area (Å²) in [6.07, 6.45) is 4.21.